The fourth-order valence-electron chi connectivity index (χ4n) is 2.82. The maximum atomic E-state index is 5.88. The van der Waals surface area contributed by atoms with Gasteiger partial charge in [-0.15, -0.1) is 0 Å². The zero-order valence-corrected chi connectivity index (χ0v) is 11.9. The van der Waals surface area contributed by atoms with Crippen LogP contribution in [0, 0.1) is 5.92 Å². The first-order valence-corrected chi connectivity index (χ1v) is 6.76. The van der Waals surface area contributed by atoms with E-state index in [4.69, 9.17) is 5.73 Å². The van der Waals surface area contributed by atoms with Crippen molar-refractivity contribution in [3.8, 4) is 0 Å². The molecule has 3 nitrogen and oxygen atoms in total. The van der Waals surface area contributed by atoms with E-state index in [0.29, 0.717) is 12.0 Å². The zero-order chi connectivity index (χ0) is 13.3. The standard InChI is InChI=1S/C15H25N3/c1-11-9-18(10-15(11)17(3)4)14-7-5-13(6-8-14)12(2)16/h5-8,11-12,15H,9-10,16H2,1-4H3. The number of nitrogens with zero attached hydrogens (tertiary/aromatic N) is 2. The Balaban J connectivity index is 2.09. The summed E-state index contributed by atoms with van der Waals surface area (Å²) in [6.45, 7) is 6.61. The van der Waals surface area contributed by atoms with Crippen LogP contribution in [0.2, 0.25) is 0 Å². The summed E-state index contributed by atoms with van der Waals surface area (Å²) < 4.78 is 0. The first kappa shape index (κ1) is 13.4. The van der Waals surface area contributed by atoms with Crippen molar-refractivity contribution in [3.63, 3.8) is 0 Å². The highest BCUT2D eigenvalue weighted by atomic mass is 15.2. The summed E-state index contributed by atoms with van der Waals surface area (Å²) in [6.07, 6.45) is 0. The highest BCUT2D eigenvalue weighted by molar-refractivity contribution is 5.49. The average molecular weight is 247 g/mol. The highest BCUT2D eigenvalue weighted by Gasteiger charge is 2.30. The Morgan fingerprint density at radius 1 is 1.22 bits per heavy atom. The summed E-state index contributed by atoms with van der Waals surface area (Å²) in [5.74, 6) is 0.716. The van der Waals surface area contributed by atoms with E-state index in [0.717, 1.165) is 13.1 Å². The number of hydrogen-bond acceptors (Lipinski definition) is 3. The zero-order valence-electron chi connectivity index (χ0n) is 11.9. The fourth-order valence-corrected chi connectivity index (χ4v) is 2.82. The van der Waals surface area contributed by atoms with E-state index in [1.165, 1.54) is 11.3 Å². The second kappa shape index (κ2) is 5.29. The lowest BCUT2D eigenvalue weighted by atomic mass is 10.1. The van der Waals surface area contributed by atoms with Gasteiger partial charge in [0.15, 0.2) is 0 Å². The second-order valence-corrected chi connectivity index (χ2v) is 5.79. The smallest absolute Gasteiger partial charge is 0.0367 e. The highest BCUT2D eigenvalue weighted by Crippen LogP contribution is 2.26. The van der Waals surface area contributed by atoms with Gasteiger partial charge in [0, 0.05) is 30.9 Å². The Hall–Kier alpha value is -1.06. The summed E-state index contributed by atoms with van der Waals surface area (Å²) >= 11 is 0. The third-order valence-corrected chi connectivity index (χ3v) is 4.02. The van der Waals surface area contributed by atoms with Gasteiger partial charge in [-0.1, -0.05) is 19.1 Å². The molecule has 0 aromatic heterocycles. The van der Waals surface area contributed by atoms with Gasteiger partial charge in [0.25, 0.3) is 0 Å². The van der Waals surface area contributed by atoms with Crippen molar-refractivity contribution in [2.45, 2.75) is 25.9 Å². The molecule has 1 saturated heterocycles. The Kier molecular flexibility index (Phi) is 3.93. The molecule has 2 rings (SSSR count). The molecule has 100 valence electrons. The molecule has 1 fully saturated rings. The number of anilines is 1. The van der Waals surface area contributed by atoms with Gasteiger partial charge in [-0.25, -0.2) is 0 Å². The molecule has 1 aliphatic rings. The molecule has 0 spiro atoms. The molecular formula is C15H25N3. The molecule has 1 aromatic rings. The first-order valence-electron chi connectivity index (χ1n) is 6.76. The van der Waals surface area contributed by atoms with Crippen LogP contribution in [-0.4, -0.2) is 38.1 Å². The van der Waals surface area contributed by atoms with Gasteiger partial charge in [-0.05, 0) is 44.6 Å². The van der Waals surface area contributed by atoms with Crippen molar-refractivity contribution in [3.05, 3.63) is 29.8 Å². The van der Waals surface area contributed by atoms with E-state index < -0.39 is 0 Å². The summed E-state index contributed by atoms with van der Waals surface area (Å²) in [6, 6.07) is 9.46. The number of hydrogen-bond donors (Lipinski definition) is 1. The van der Waals surface area contributed by atoms with E-state index in [1.54, 1.807) is 0 Å². The van der Waals surface area contributed by atoms with E-state index in [2.05, 4.69) is 55.1 Å². The molecule has 1 aromatic carbocycles. The maximum absolute atomic E-state index is 5.88. The van der Waals surface area contributed by atoms with Gasteiger partial charge >= 0.3 is 0 Å². The lowest BCUT2D eigenvalue weighted by molar-refractivity contribution is 0.266. The van der Waals surface area contributed by atoms with E-state index in [1.807, 2.05) is 6.92 Å². The number of likely N-dealkylation sites (N-methyl/N-ethyl adjacent to an activating group) is 1. The van der Waals surface area contributed by atoms with Crippen molar-refractivity contribution in [1.29, 1.82) is 0 Å². The molecule has 3 heteroatoms. The van der Waals surface area contributed by atoms with Crippen LogP contribution in [0.4, 0.5) is 5.69 Å². The minimum Gasteiger partial charge on any atom is -0.370 e. The molecular weight excluding hydrogens is 222 g/mol. The second-order valence-electron chi connectivity index (χ2n) is 5.79. The van der Waals surface area contributed by atoms with Crippen molar-refractivity contribution in [1.82, 2.24) is 4.90 Å². The lowest BCUT2D eigenvalue weighted by Crippen LogP contribution is -2.34. The maximum Gasteiger partial charge on any atom is 0.0367 e. The molecule has 0 saturated carbocycles. The summed E-state index contributed by atoms with van der Waals surface area (Å²) in [4.78, 5) is 4.81. The molecule has 18 heavy (non-hydrogen) atoms. The van der Waals surface area contributed by atoms with Crippen LogP contribution in [0.5, 0.6) is 0 Å². The van der Waals surface area contributed by atoms with Crippen molar-refractivity contribution in [2.75, 3.05) is 32.1 Å². The average Bonchev–Trinajstić information content (AvgIpc) is 2.71. The quantitative estimate of drug-likeness (QED) is 0.888. The minimum absolute atomic E-state index is 0.117. The number of rotatable bonds is 3. The van der Waals surface area contributed by atoms with E-state index in [9.17, 15) is 0 Å². The molecule has 1 heterocycles. The fraction of sp³-hybridized carbons (Fsp3) is 0.600. The topological polar surface area (TPSA) is 32.5 Å². The molecule has 1 aliphatic heterocycles. The third kappa shape index (κ3) is 2.68. The van der Waals surface area contributed by atoms with Gasteiger partial charge in [0.2, 0.25) is 0 Å². The van der Waals surface area contributed by atoms with Crippen LogP contribution < -0.4 is 10.6 Å². The van der Waals surface area contributed by atoms with Crippen LogP contribution in [0.1, 0.15) is 25.5 Å². The number of benzene rings is 1. The van der Waals surface area contributed by atoms with Gasteiger partial charge in [-0.2, -0.15) is 0 Å². The van der Waals surface area contributed by atoms with E-state index in [-0.39, 0.29) is 6.04 Å². The molecule has 3 unspecified atom stereocenters. The van der Waals surface area contributed by atoms with Gasteiger partial charge in [0.1, 0.15) is 0 Å². The third-order valence-electron chi connectivity index (χ3n) is 4.02. The van der Waals surface area contributed by atoms with Crippen molar-refractivity contribution < 1.29 is 0 Å². The lowest BCUT2D eigenvalue weighted by Gasteiger charge is -2.23. The van der Waals surface area contributed by atoms with Gasteiger partial charge < -0.3 is 15.5 Å². The Bertz CT molecular complexity index is 383. The SMILES string of the molecule is CC(N)c1ccc(N2CC(C)C(N(C)C)C2)cc1. The molecule has 2 N–H and O–H groups in total. The predicted octanol–water partition coefficient (Wildman–Crippen LogP) is 2.09. The Morgan fingerprint density at radius 3 is 2.28 bits per heavy atom. The van der Waals surface area contributed by atoms with Crippen LogP contribution in [-0.2, 0) is 0 Å². The summed E-state index contributed by atoms with van der Waals surface area (Å²) in [5.41, 5.74) is 8.40. The van der Waals surface area contributed by atoms with Crippen molar-refractivity contribution >= 4 is 5.69 Å². The normalized spacial score (nSPS) is 25.8. The van der Waals surface area contributed by atoms with Gasteiger partial charge in [-0.3, -0.25) is 0 Å². The molecule has 0 aliphatic carbocycles. The Morgan fingerprint density at radius 2 is 1.83 bits per heavy atom. The number of nitrogens with two attached hydrogens (primary N) is 1. The van der Waals surface area contributed by atoms with E-state index >= 15 is 0 Å². The first-order chi connectivity index (χ1) is 8.49. The molecule has 0 bridgehead atoms. The minimum atomic E-state index is 0.117. The van der Waals surface area contributed by atoms with Crippen LogP contribution in [0.25, 0.3) is 0 Å². The van der Waals surface area contributed by atoms with Crippen molar-refractivity contribution in [2.24, 2.45) is 11.7 Å². The van der Waals surface area contributed by atoms with Crippen LogP contribution in [0.15, 0.2) is 24.3 Å². The predicted molar refractivity (Wildman–Crippen MR) is 77.9 cm³/mol. The van der Waals surface area contributed by atoms with Gasteiger partial charge in [0.05, 0.1) is 0 Å². The summed E-state index contributed by atoms with van der Waals surface area (Å²) in [5, 5.41) is 0. The largest absolute Gasteiger partial charge is 0.370 e. The molecule has 0 amide bonds. The van der Waals surface area contributed by atoms with Crippen LogP contribution in [0.3, 0.4) is 0 Å². The van der Waals surface area contributed by atoms with Crippen LogP contribution >= 0.6 is 0 Å². The molecule has 0 radical (unpaired) electrons. The summed E-state index contributed by atoms with van der Waals surface area (Å²) in [7, 11) is 4.34. The Labute approximate surface area is 111 Å². The monoisotopic (exact) mass is 247 g/mol. The molecule has 3 atom stereocenters.